The molecule has 13 nitrogen and oxygen atoms in total. The summed E-state index contributed by atoms with van der Waals surface area (Å²) in [5, 5.41) is 70.9. The molecule has 0 bridgehead atoms. The predicted molar refractivity (Wildman–Crippen MR) is 273 cm³/mol. The summed E-state index contributed by atoms with van der Waals surface area (Å²) in [6.07, 6.45) is 13.7. The fourth-order valence-electron chi connectivity index (χ4n) is 6.25. The fraction of sp³-hybridized carbons (Fsp3) is 0.815. The Bertz CT molecular complexity index is 1260. The summed E-state index contributed by atoms with van der Waals surface area (Å²) in [5.41, 5.74) is 4.69. The third-order valence-electron chi connectivity index (χ3n) is 11.3. The second-order valence-corrected chi connectivity index (χ2v) is 19.4. The molecule has 0 aromatic rings. The highest BCUT2D eigenvalue weighted by Crippen LogP contribution is 2.27. The second-order valence-electron chi connectivity index (χ2n) is 19.4. The van der Waals surface area contributed by atoms with Crippen molar-refractivity contribution in [3.8, 4) is 0 Å². The topological polar surface area (TPSA) is 211 Å². The number of hydrogen-bond donors (Lipinski definition) is 8. The molecule has 0 aromatic heterocycles. The minimum atomic E-state index is -0.491. The molecule has 4 unspecified atom stereocenters. The van der Waals surface area contributed by atoms with Gasteiger partial charge in [0, 0.05) is 36.9 Å². The smallest absolute Gasteiger partial charge is 0.155 e. The van der Waals surface area contributed by atoms with Crippen molar-refractivity contribution in [1.82, 2.24) is 0 Å². The van der Waals surface area contributed by atoms with Gasteiger partial charge in [-0.1, -0.05) is 62.1 Å². The van der Waals surface area contributed by atoms with Crippen LogP contribution in [0.4, 0.5) is 0 Å². The van der Waals surface area contributed by atoms with Gasteiger partial charge < -0.3 is 64.5 Å². The number of aliphatic hydroxyl groups excluding tert-OH is 8. The number of allylic oxidation sites excluding steroid dienone is 5. The Kier molecular flexibility index (Phi) is 44.6. The van der Waals surface area contributed by atoms with Crippen molar-refractivity contribution in [3.63, 3.8) is 0 Å². The van der Waals surface area contributed by atoms with Gasteiger partial charge >= 0.3 is 0 Å². The summed E-state index contributed by atoms with van der Waals surface area (Å²) in [7, 11) is 0. The molecule has 0 amide bonds. The van der Waals surface area contributed by atoms with Gasteiger partial charge in [-0.3, -0.25) is 0 Å². The number of epoxide rings is 1. The summed E-state index contributed by atoms with van der Waals surface area (Å²) in [6.45, 7) is 40.5. The molecule has 8 N–H and O–H groups in total. The van der Waals surface area contributed by atoms with E-state index < -0.39 is 12.2 Å². The maximum absolute atomic E-state index is 9.37. The van der Waals surface area contributed by atoms with E-state index >= 15 is 0 Å². The van der Waals surface area contributed by atoms with Gasteiger partial charge in [-0.15, -0.1) is 26.3 Å². The molecule has 0 spiro atoms. The average Bonchev–Trinajstić information content (AvgIpc) is 4.05. The van der Waals surface area contributed by atoms with E-state index in [2.05, 4.69) is 47.1 Å². The van der Waals surface area contributed by atoms with E-state index in [1.807, 2.05) is 54.5 Å². The van der Waals surface area contributed by atoms with Crippen molar-refractivity contribution in [3.05, 3.63) is 60.8 Å². The molecule has 0 radical (unpaired) electrons. The first-order valence-electron chi connectivity index (χ1n) is 24.9. The highest BCUT2D eigenvalue weighted by atomic mass is 16.7. The maximum atomic E-state index is 9.37. The van der Waals surface area contributed by atoms with Crippen LogP contribution in [0.5, 0.6) is 0 Å². The van der Waals surface area contributed by atoms with Crippen LogP contribution in [0.25, 0.3) is 0 Å². The van der Waals surface area contributed by atoms with E-state index in [1.165, 1.54) is 16.7 Å². The summed E-state index contributed by atoms with van der Waals surface area (Å²) in [4.78, 5) is 0. The highest BCUT2D eigenvalue weighted by molar-refractivity contribution is 4.94. The van der Waals surface area contributed by atoms with Gasteiger partial charge in [0.25, 0.3) is 0 Å². The van der Waals surface area contributed by atoms with Gasteiger partial charge in [-0.2, -0.15) is 0 Å². The summed E-state index contributed by atoms with van der Waals surface area (Å²) in [5.74, 6) is 0.841. The van der Waals surface area contributed by atoms with Crippen LogP contribution in [0, 0.1) is 23.7 Å². The highest BCUT2D eigenvalue weighted by Gasteiger charge is 2.37. The van der Waals surface area contributed by atoms with Gasteiger partial charge in [0.2, 0.25) is 0 Å². The Labute approximate surface area is 409 Å². The monoisotopic (exact) mass is 961 g/mol. The normalized spacial score (nSPS) is 25.7. The van der Waals surface area contributed by atoms with Crippen molar-refractivity contribution < 1.29 is 64.5 Å². The van der Waals surface area contributed by atoms with Crippen LogP contribution in [0.15, 0.2) is 60.8 Å². The van der Waals surface area contributed by atoms with Crippen LogP contribution in [0.1, 0.15) is 160 Å². The Morgan fingerprint density at radius 2 is 0.925 bits per heavy atom. The van der Waals surface area contributed by atoms with E-state index in [9.17, 15) is 10.2 Å². The molecule has 67 heavy (non-hydrogen) atoms. The summed E-state index contributed by atoms with van der Waals surface area (Å²) < 4.78 is 27.2. The summed E-state index contributed by atoms with van der Waals surface area (Å²) in [6, 6.07) is 0. The van der Waals surface area contributed by atoms with Crippen LogP contribution >= 0.6 is 0 Å². The molecule has 13 heteroatoms. The first-order chi connectivity index (χ1) is 31.3. The molecule has 3 fully saturated rings. The maximum Gasteiger partial charge on any atom is 0.155 e. The molecule has 3 aliphatic heterocycles. The Hall–Kier alpha value is -1.82. The zero-order valence-corrected chi connectivity index (χ0v) is 44.4. The number of hydrogen-bond acceptors (Lipinski definition) is 13. The Morgan fingerprint density at radius 1 is 0.507 bits per heavy atom. The first kappa shape index (κ1) is 69.4. The van der Waals surface area contributed by atoms with Crippen molar-refractivity contribution in [2.45, 2.75) is 222 Å². The molecule has 0 saturated carbocycles. The Balaban J connectivity index is -0.000000737. The Morgan fingerprint density at radius 3 is 1.30 bits per heavy atom. The number of aliphatic hydroxyl groups is 8. The lowest BCUT2D eigenvalue weighted by Gasteiger charge is -2.33. The number of ether oxygens (including phenoxy) is 5. The van der Waals surface area contributed by atoms with E-state index in [0.29, 0.717) is 43.3 Å². The first-order valence-corrected chi connectivity index (χ1v) is 24.9. The quantitative estimate of drug-likeness (QED) is 0.0336. The van der Waals surface area contributed by atoms with Crippen LogP contribution in [0.2, 0.25) is 0 Å². The largest absolute Gasteiger partial charge is 0.396 e. The lowest BCUT2D eigenvalue weighted by atomic mass is 9.98. The molecule has 0 aromatic carbocycles. The van der Waals surface area contributed by atoms with Crippen LogP contribution < -0.4 is 0 Å². The van der Waals surface area contributed by atoms with Crippen molar-refractivity contribution in [2.24, 2.45) is 23.7 Å². The second kappa shape index (κ2) is 43.0. The molecule has 3 saturated heterocycles. The average molecular weight is 961 g/mol. The van der Waals surface area contributed by atoms with E-state index in [0.717, 1.165) is 76.6 Å². The van der Waals surface area contributed by atoms with Crippen LogP contribution in [-0.4, -0.2) is 142 Å². The van der Waals surface area contributed by atoms with Gasteiger partial charge in [-0.05, 0) is 132 Å². The standard InChI is InChI=1S/C11H20O2.C10H20O3.C9H18O2.C8H18O3.C8H14O2.C8H14O/c1-8(2)5-6-11-9(3)7-12-10(4)13-11;1-7-6-12-9(3)13-10(7)5-4-8(2)11;1-7(2)4-5-9(11)8(3)6-10;1-6(5-9)8(11)4-3-7(2)10;1-6(2)3-4-7-8(5-9)10-7;1-8(2)6-4-3-5-7-9/h9-11H,1,5-7H2,2-4H3;7-11H,4-6H2,1-3H3;8-11H,1,4-6H2,2-3H3;6-11H,3-5H2,1-2H3;7-9H,1,3-5H2,2H3;3,5,9H,1,4,6-7H2,2H3/b;;;;;5-3+/t9-,10?,11+;7-,8?,9?,10+;8-,9+;6-,7?,8+;7-,8-;/m00001./s1. The predicted octanol–water partition coefficient (Wildman–Crippen LogP) is 8.75. The van der Waals surface area contributed by atoms with Gasteiger partial charge in [0.1, 0.15) is 6.10 Å². The zero-order chi connectivity index (χ0) is 52.1. The molecular weight excluding hydrogens is 857 g/mol. The van der Waals surface area contributed by atoms with E-state index in [-0.39, 0.29) is 75.3 Å². The van der Waals surface area contributed by atoms with E-state index in [1.54, 1.807) is 19.9 Å². The van der Waals surface area contributed by atoms with Gasteiger partial charge in [0.15, 0.2) is 12.6 Å². The minimum absolute atomic E-state index is 0.000968. The summed E-state index contributed by atoms with van der Waals surface area (Å²) >= 11 is 0. The molecule has 14 atom stereocenters. The fourth-order valence-corrected chi connectivity index (χ4v) is 6.25. The van der Waals surface area contributed by atoms with Gasteiger partial charge in [0.05, 0.1) is 69.2 Å². The molecule has 3 heterocycles. The number of rotatable bonds is 24. The SMILES string of the molecule is C=C(C)CC/C=C/CO.C=C(C)CC[C@@H](O)[C@@H](C)CO.C=C(C)CC[C@H]1OC(C)OC[C@@H]1C.C=C(C)CC[C@H]1O[C@@H]1CO.CC(O)CC[C@@H](O)[C@@H](C)CO.CC(O)CC[C@H]1OC(C)OC[C@@H]1C. The van der Waals surface area contributed by atoms with Crippen LogP contribution in [-0.2, 0) is 23.7 Å². The molecular formula is C54H104O13. The van der Waals surface area contributed by atoms with Gasteiger partial charge in [-0.25, -0.2) is 0 Å². The third kappa shape index (κ3) is 43.9. The lowest BCUT2D eigenvalue weighted by molar-refractivity contribution is -0.226. The molecule has 3 aliphatic rings. The minimum Gasteiger partial charge on any atom is -0.396 e. The van der Waals surface area contributed by atoms with Crippen molar-refractivity contribution in [1.29, 1.82) is 0 Å². The van der Waals surface area contributed by atoms with Crippen molar-refractivity contribution in [2.75, 3.05) is 39.6 Å². The zero-order valence-electron chi connectivity index (χ0n) is 44.4. The molecule has 398 valence electrons. The van der Waals surface area contributed by atoms with E-state index in [4.69, 9.17) is 54.3 Å². The molecule has 3 rings (SSSR count). The van der Waals surface area contributed by atoms with Crippen LogP contribution in [0.3, 0.4) is 0 Å². The van der Waals surface area contributed by atoms with Crippen molar-refractivity contribution >= 4 is 0 Å². The molecule has 0 aliphatic carbocycles. The lowest BCUT2D eigenvalue weighted by Crippen LogP contribution is -2.37. The third-order valence-corrected chi connectivity index (χ3v) is 11.3.